The van der Waals surface area contributed by atoms with Gasteiger partial charge in [0.1, 0.15) is 16.8 Å². The number of nitriles is 1. The van der Waals surface area contributed by atoms with Crippen LogP contribution in [0.15, 0.2) is 52.4 Å². The molecule has 78 valence electrons. The molecule has 0 aliphatic rings. The molecule has 16 heavy (non-hydrogen) atoms. The van der Waals surface area contributed by atoms with Crippen molar-refractivity contribution in [3.63, 3.8) is 0 Å². The first-order chi connectivity index (χ1) is 7.78. The summed E-state index contributed by atoms with van der Waals surface area (Å²) < 4.78 is 0. The van der Waals surface area contributed by atoms with Crippen LogP contribution in [0.4, 0.5) is 0 Å². The maximum Gasteiger partial charge on any atom is 0.141 e. The summed E-state index contributed by atoms with van der Waals surface area (Å²) in [5.41, 5.74) is 1.69. The SMILES string of the molecule is Cc1ccc(Sc2cccc(C#N)n2)cc1. The highest BCUT2D eigenvalue weighted by molar-refractivity contribution is 7.99. The summed E-state index contributed by atoms with van der Waals surface area (Å²) in [6, 6.07) is 15.7. The highest BCUT2D eigenvalue weighted by Gasteiger charge is 1.99. The standard InChI is InChI=1S/C13H10N2S/c1-10-5-7-12(8-6-10)16-13-4-2-3-11(9-14)15-13/h2-8H,1H3. The van der Waals surface area contributed by atoms with Gasteiger partial charge >= 0.3 is 0 Å². The van der Waals surface area contributed by atoms with Crippen LogP contribution in [0.25, 0.3) is 0 Å². The molecule has 0 saturated heterocycles. The van der Waals surface area contributed by atoms with Gasteiger partial charge in [-0.3, -0.25) is 0 Å². The Balaban J connectivity index is 2.21. The molecule has 0 spiro atoms. The molecular weight excluding hydrogens is 216 g/mol. The molecular formula is C13H10N2S. The predicted octanol–water partition coefficient (Wildman–Crippen LogP) is 3.41. The van der Waals surface area contributed by atoms with E-state index >= 15 is 0 Å². The molecule has 3 heteroatoms. The zero-order valence-corrected chi connectivity index (χ0v) is 9.66. The van der Waals surface area contributed by atoms with Crippen molar-refractivity contribution in [1.82, 2.24) is 4.98 Å². The molecule has 2 aromatic rings. The maximum atomic E-state index is 8.74. The molecule has 0 radical (unpaired) electrons. The van der Waals surface area contributed by atoms with E-state index in [-0.39, 0.29) is 0 Å². The Labute approximate surface area is 99.0 Å². The third-order valence-electron chi connectivity index (χ3n) is 2.08. The minimum absolute atomic E-state index is 0.456. The summed E-state index contributed by atoms with van der Waals surface area (Å²) in [4.78, 5) is 5.34. The molecule has 2 nitrogen and oxygen atoms in total. The Morgan fingerprint density at radius 2 is 1.88 bits per heavy atom. The quantitative estimate of drug-likeness (QED) is 0.787. The number of aryl methyl sites for hydroxylation is 1. The Bertz CT molecular complexity index is 526. The number of aromatic nitrogens is 1. The highest BCUT2D eigenvalue weighted by atomic mass is 32.2. The topological polar surface area (TPSA) is 36.7 Å². The first kappa shape index (κ1) is 10.7. The Hall–Kier alpha value is -1.79. The van der Waals surface area contributed by atoms with Crippen molar-refractivity contribution < 1.29 is 0 Å². The van der Waals surface area contributed by atoms with Crippen molar-refractivity contribution >= 4 is 11.8 Å². The maximum absolute atomic E-state index is 8.74. The number of hydrogen-bond donors (Lipinski definition) is 0. The van der Waals surface area contributed by atoms with Crippen LogP contribution >= 0.6 is 11.8 Å². The lowest BCUT2D eigenvalue weighted by Gasteiger charge is -2.01. The third-order valence-corrected chi connectivity index (χ3v) is 3.03. The first-order valence-corrected chi connectivity index (χ1v) is 5.71. The lowest BCUT2D eigenvalue weighted by Crippen LogP contribution is -1.84. The lowest BCUT2D eigenvalue weighted by molar-refractivity contribution is 1.10. The van der Waals surface area contributed by atoms with Crippen molar-refractivity contribution in [2.24, 2.45) is 0 Å². The van der Waals surface area contributed by atoms with Gasteiger partial charge in [0.15, 0.2) is 0 Å². The smallest absolute Gasteiger partial charge is 0.141 e. The van der Waals surface area contributed by atoms with Crippen molar-refractivity contribution in [3.8, 4) is 6.07 Å². The predicted molar refractivity (Wildman–Crippen MR) is 64.3 cm³/mol. The fraction of sp³-hybridized carbons (Fsp3) is 0.0769. The van der Waals surface area contributed by atoms with E-state index in [1.165, 1.54) is 5.56 Å². The number of nitrogens with zero attached hydrogens (tertiary/aromatic N) is 2. The zero-order valence-electron chi connectivity index (χ0n) is 8.84. The van der Waals surface area contributed by atoms with Crippen LogP contribution in [0.5, 0.6) is 0 Å². The highest BCUT2D eigenvalue weighted by Crippen LogP contribution is 2.25. The van der Waals surface area contributed by atoms with Crippen LogP contribution in [-0.4, -0.2) is 4.98 Å². The number of rotatable bonds is 2. The summed E-state index contributed by atoms with van der Waals surface area (Å²) in [5, 5.41) is 9.59. The van der Waals surface area contributed by atoms with E-state index in [1.54, 1.807) is 17.8 Å². The van der Waals surface area contributed by atoms with Crippen LogP contribution in [-0.2, 0) is 0 Å². The zero-order chi connectivity index (χ0) is 11.4. The second kappa shape index (κ2) is 4.82. The normalized spacial score (nSPS) is 9.75. The number of hydrogen-bond acceptors (Lipinski definition) is 3. The van der Waals surface area contributed by atoms with Gasteiger partial charge in [-0.05, 0) is 31.2 Å². The summed E-state index contributed by atoms with van der Waals surface area (Å²) >= 11 is 1.56. The van der Waals surface area contributed by atoms with E-state index in [0.29, 0.717) is 5.69 Å². The molecule has 0 atom stereocenters. The van der Waals surface area contributed by atoms with Crippen molar-refractivity contribution in [3.05, 3.63) is 53.7 Å². The second-order valence-electron chi connectivity index (χ2n) is 3.39. The van der Waals surface area contributed by atoms with Gasteiger partial charge in [0.05, 0.1) is 0 Å². The molecule has 2 rings (SSSR count). The number of benzene rings is 1. The van der Waals surface area contributed by atoms with E-state index in [4.69, 9.17) is 5.26 Å². The molecule has 0 unspecified atom stereocenters. The molecule has 1 aromatic carbocycles. The molecule has 0 N–H and O–H groups in total. The van der Waals surface area contributed by atoms with E-state index in [2.05, 4.69) is 36.2 Å². The molecule has 0 bridgehead atoms. The van der Waals surface area contributed by atoms with Gasteiger partial charge in [0.25, 0.3) is 0 Å². The average molecular weight is 226 g/mol. The van der Waals surface area contributed by atoms with Crippen LogP contribution in [0, 0.1) is 18.3 Å². The molecule has 0 fully saturated rings. The molecule has 0 amide bonds. The van der Waals surface area contributed by atoms with Gasteiger partial charge < -0.3 is 0 Å². The van der Waals surface area contributed by atoms with E-state index in [1.807, 2.05) is 18.2 Å². The molecule has 0 aliphatic heterocycles. The van der Waals surface area contributed by atoms with Gasteiger partial charge in [-0.2, -0.15) is 5.26 Å². The number of pyridine rings is 1. The van der Waals surface area contributed by atoms with Gasteiger partial charge in [0.2, 0.25) is 0 Å². The summed E-state index contributed by atoms with van der Waals surface area (Å²) in [6.07, 6.45) is 0. The van der Waals surface area contributed by atoms with Crippen molar-refractivity contribution in [2.75, 3.05) is 0 Å². The van der Waals surface area contributed by atoms with Crippen LogP contribution in [0.1, 0.15) is 11.3 Å². The van der Waals surface area contributed by atoms with Crippen molar-refractivity contribution in [1.29, 1.82) is 5.26 Å². The third kappa shape index (κ3) is 2.62. The van der Waals surface area contributed by atoms with Gasteiger partial charge in [-0.15, -0.1) is 0 Å². The average Bonchev–Trinajstić information content (AvgIpc) is 2.32. The summed E-state index contributed by atoms with van der Waals surface area (Å²) in [5.74, 6) is 0. The minimum atomic E-state index is 0.456. The van der Waals surface area contributed by atoms with E-state index in [9.17, 15) is 0 Å². The largest absolute Gasteiger partial charge is 0.230 e. The Morgan fingerprint density at radius 1 is 1.12 bits per heavy atom. The Kier molecular flexibility index (Phi) is 3.23. The summed E-state index contributed by atoms with van der Waals surface area (Å²) in [6.45, 7) is 2.06. The van der Waals surface area contributed by atoms with Crippen LogP contribution < -0.4 is 0 Å². The first-order valence-electron chi connectivity index (χ1n) is 4.89. The van der Waals surface area contributed by atoms with Gasteiger partial charge in [0, 0.05) is 4.90 Å². The monoisotopic (exact) mass is 226 g/mol. The molecule has 1 heterocycles. The fourth-order valence-corrected chi connectivity index (χ4v) is 2.07. The van der Waals surface area contributed by atoms with Crippen LogP contribution in [0.2, 0.25) is 0 Å². The van der Waals surface area contributed by atoms with Crippen LogP contribution in [0.3, 0.4) is 0 Å². The molecule has 1 aromatic heterocycles. The molecule has 0 saturated carbocycles. The Morgan fingerprint density at radius 3 is 2.56 bits per heavy atom. The van der Waals surface area contributed by atoms with E-state index < -0.39 is 0 Å². The van der Waals surface area contributed by atoms with Gasteiger partial charge in [-0.25, -0.2) is 4.98 Å². The fourth-order valence-electron chi connectivity index (χ4n) is 1.26. The van der Waals surface area contributed by atoms with E-state index in [0.717, 1.165) is 9.92 Å². The van der Waals surface area contributed by atoms with Gasteiger partial charge in [-0.1, -0.05) is 35.5 Å². The second-order valence-corrected chi connectivity index (χ2v) is 4.48. The minimum Gasteiger partial charge on any atom is -0.230 e. The molecule has 0 aliphatic carbocycles. The summed E-state index contributed by atoms with van der Waals surface area (Å²) in [7, 11) is 0. The lowest BCUT2D eigenvalue weighted by atomic mass is 10.2. The van der Waals surface area contributed by atoms with Crippen molar-refractivity contribution in [2.45, 2.75) is 16.8 Å².